The summed E-state index contributed by atoms with van der Waals surface area (Å²) in [5.41, 5.74) is 0. The lowest BCUT2D eigenvalue weighted by molar-refractivity contribution is -0.870. The molecular formula is C47H82NO7P. The van der Waals surface area contributed by atoms with Crippen molar-refractivity contribution in [1.82, 2.24) is 0 Å². The molecule has 0 N–H and O–H groups in total. The molecule has 8 nitrogen and oxygen atoms in total. The number of carbonyl (C=O) groups is 1. The number of allylic oxidation sites excluding steroid dienone is 14. The lowest BCUT2D eigenvalue weighted by Crippen LogP contribution is -2.37. The second kappa shape index (κ2) is 39.5. The molecule has 0 aliphatic rings. The predicted molar refractivity (Wildman–Crippen MR) is 235 cm³/mol. The lowest BCUT2D eigenvalue weighted by Gasteiger charge is -2.28. The van der Waals surface area contributed by atoms with E-state index in [0.717, 1.165) is 96.3 Å². The van der Waals surface area contributed by atoms with Gasteiger partial charge >= 0.3 is 5.97 Å². The molecule has 0 aliphatic carbocycles. The largest absolute Gasteiger partial charge is 0.756 e. The van der Waals surface area contributed by atoms with Gasteiger partial charge in [-0.25, -0.2) is 0 Å². The van der Waals surface area contributed by atoms with Crippen LogP contribution in [0, 0.1) is 0 Å². The highest BCUT2D eigenvalue weighted by Gasteiger charge is 2.20. The normalized spacial score (nSPS) is 14.6. The summed E-state index contributed by atoms with van der Waals surface area (Å²) in [6.07, 6.45) is 51.7. The zero-order valence-electron chi connectivity index (χ0n) is 36.3. The molecule has 0 heterocycles. The Morgan fingerprint density at radius 3 is 1.55 bits per heavy atom. The van der Waals surface area contributed by atoms with Crippen molar-refractivity contribution in [2.24, 2.45) is 0 Å². The van der Waals surface area contributed by atoms with Crippen LogP contribution in [0.15, 0.2) is 85.1 Å². The molecule has 0 aliphatic heterocycles. The summed E-state index contributed by atoms with van der Waals surface area (Å²) < 4.78 is 34.5. The highest BCUT2D eigenvalue weighted by molar-refractivity contribution is 7.45. The third-order valence-electron chi connectivity index (χ3n) is 8.68. The molecule has 0 rings (SSSR count). The number of esters is 1. The highest BCUT2D eigenvalue weighted by atomic mass is 31.2. The summed E-state index contributed by atoms with van der Waals surface area (Å²) in [6.45, 7) is 5.12. The van der Waals surface area contributed by atoms with E-state index in [1.165, 1.54) is 32.1 Å². The Morgan fingerprint density at radius 1 is 0.571 bits per heavy atom. The third-order valence-corrected chi connectivity index (χ3v) is 9.64. The van der Waals surface area contributed by atoms with Crippen LogP contribution >= 0.6 is 7.82 Å². The molecular weight excluding hydrogens is 721 g/mol. The molecule has 322 valence electrons. The Kier molecular flexibility index (Phi) is 37.9. The van der Waals surface area contributed by atoms with Gasteiger partial charge in [0.2, 0.25) is 0 Å². The van der Waals surface area contributed by atoms with Crippen LogP contribution in [0.5, 0.6) is 0 Å². The van der Waals surface area contributed by atoms with Gasteiger partial charge in [-0.05, 0) is 89.9 Å². The van der Waals surface area contributed by atoms with Crippen LogP contribution in [-0.2, 0) is 27.9 Å². The number of hydrogen-bond donors (Lipinski definition) is 0. The molecule has 2 atom stereocenters. The first-order chi connectivity index (χ1) is 27.1. The summed E-state index contributed by atoms with van der Waals surface area (Å²) in [5, 5.41) is 0. The fourth-order valence-electron chi connectivity index (χ4n) is 5.31. The maximum atomic E-state index is 12.7. The molecule has 0 spiro atoms. The lowest BCUT2D eigenvalue weighted by atomic mass is 10.1. The Labute approximate surface area is 344 Å². The van der Waals surface area contributed by atoms with Crippen LogP contribution in [0.1, 0.15) is 149 Å². The van der Waals surface area contributed by atoms with Crippen molar-refractivity contribution in [2.75, 3.05) is 54.1 Å². The van der Waals surface area contributed by atoms with Crippen molar-refractivity contribution >= 4 is 13.8 Å². The van der Waals surface area contributed by atoms with Gasteiger partial charge in [0.25, 0.3) is 7.82 Å². The number of quaternary nitrogens is 1. The number of carbonyl (C=O) groups excluding carboxylic acids is 1. The van der Waals surface area contributed by atoms with Crippen LogP contribution in [-0.4, -0.2) is 70.7 Å². The van der Waals surface area contributed by atoms with E-state index in [1.807, 2.05) is 21.1 Å². The quantitative estimate of drug-likeness (QED) is 0.0201. The van der Waals surface area contributed by atoms with E-state index >= 15 is 0 Å². The maximum Gasteiger partial charge on any atom is 0.306 e. The molecule has 0 radical (unpaired) electrons. The van der Waals surface area contributed by atoms with Gasteiger partial charge in [-0.1, -0.05) is 137 Å². The number of unbranched alkanes of at least 4 members (excludes halogenated alkanes) is 11. The minimum Gasteiger partial charge on any atom is -0.756 e. The van der Waals surface area contributed by atoms with Gasteiger partial charge in [-0.3, -0.25) is 9.36 Å². The van der Waals surface area contributed by atoms with Gasteiger partial charge in [0.15, 0.2) is 0 Å². The molecule has 2 unspecified atom stereocenters. The second-order valence-corrected chi connectivity index (χ2v) is 16.7. The van der Waals surface area contributed by atoms with Gasteiger partial charge in [0, 0.05) is 13.0 Å². The van der Waals surface area contributed by atoms with Crippen molar-refractivity contribution in [1.29, 1.82) is 0 Å². The molecule has 0 amide bonds. The summed E-state index contributed by atoms with van der Waals surface area (Å²) in [6, 6.07) is 0. The second-order valence-electron chi connectivity index (χ2n) is 15.3. The summed E-state index contributed by atoms with van der Waals surface area (Å²) >= 11 is 0. The Morgan fingerprint density at radius 2 is 1.04 bits per heavy atom. The molecule has 0 saturated heterocycles. The minimum atomic E-state index is -4.55. The van der Waals surface area contributed by atoms with Crippen molar-refractivity contribution < 1.29 is 37.3 Å². The molecule has 0 saturated carbocycles. The first kappa shape index (κ1) is 53.7. The van der Waals surface area contributed by atoms with Gasteiger partial charge in [0.05, 0.1) is 34.4 Å². The number of phosphoric acid groups is 1. The van der Waals surface area contributed by atoms with Crippen LogP contribution in [0.25, 0.3) is 0 Å². The van der Waals surface area contributed by atoms with E-state index in [9.17, 15) is 14.3 Å². The number of ether oxygens (including phenoxy) is 2. The van der Waals surface area contributed by atoms with Gasteiger partial charge in [-0.15, -0.1) is 0 Å². The van der Waals surface area contributed by atoms with E-state index in [4.69, 9.17) is 18.5 Å². The number of hydrogen-bond acceptors (Lipinski definition) is 7. The van der Waals surface area contributed by atoms with E-state index in [2.05, 4.69) is 98.9 Å². The molecule has 0 aromatic carbocycles. The standard InChI is InChI=1S/C47H82NO7P/c1-6-8-10-12-14-16-18-20-22-24-25-27-29-31-33-35-37-39-42-52-44-46(45-54-56(50,51)53-43-41-48(3,4)5)55-47(49)40-38-36-34-32-30-28-26-23-21-19-17-15-13-11-9-7-2/h8,10,14,16-17,19-20,22-23,25-27,31,33,46H,6-7,9,11-13,15,18,21,24,28-30,32,34-45H2,1-5H3/b10-8-,16-14-,19-17-,22-20-,26-23-,27-25-,33-31-. The van der Waals surface area contributed by atoms with Crippen molar-refractivity contribution in [3.8, 4) is 0 Å². The minimum absolute atomic E-state index is 0.00993. The van der Waals surface area contributed by atoms with Crippen molar-refractivity contribution in [3.63, 3.8) is 0 Å². The topological polar surface area (TPSA) is 94.1 Å². The fourth-order valence-corrected chi connectivity index (χ4v) is 6.04. The van der Waals surface area contributed by atoms with Gasteiger partial charge in [0.1, 0.15) is 19.3 Å². The number of likely N-dealkylation sites (N-methyl/N-ethyl adjacent to an activating group) is 1. The van der Waals surface area contributed by atoms with E-state index in [-0.39, 0.29) is 32.2 Å². The Hall–Kier alpha value is -2.32. The Bertz CT molecular complexity index is 1170. The molecule has 0 bridgehead atoms. The first-order valence-corrected chi connectivity index (χ1v) is 23.3. The molecule has 56 heavy (non-hydrogen) atoms. The monoisotopic (exact) mass is 804 g/mol. The molecule has 0 aromatic rings. The van der Waals surface area contributed by atoms with E-state index in [0.29, 0.717) is 17.6 Å². The zero-order chi connectivity index (χ0) is 41.3. The third kappa shape index (κ3) is 42.8. The van der Waals surface area contributed by atoms with E-state index < -0.39 is 13.9 Å². The molecule has 0 aromatic heterocycles. The molecule has 0 fully saturated rings. The number of phosphoric ester groups is 1. The smallest absolute Gasteiger partial charge is 0.306 e. The van der Waals surface area contributed by atoms with Crippen molar-refractivity contribution in [3.05, 3.63) is 85.1 Å². The van der Waals surface area contributed by atoms with Crippen LogP contribution in [0.3, 0.4) is 0 Å². The maximum absolute atomic E-state index is 12.7. The summed E-state index contributed by atoms with van der Waals surface area (Å²) in [4.78, 5) is 25.0. The average molecular weight is 804 g/mol. The summed E-state index contributed by atoms with van der Waals surface area (Å²) in [5.74, 6) is -0.367. The van der Waals surface area contributed by atoms with Crippen LogP contribution in [0.4, 0.5) is 0 Å². The highest BCUT2D eigenvalue weighted by Crippen LogP contribution is 2.38. The summed E-state index contributed by atoms with van der Waals surface area (Å²) in [7, 11) is 1.30. The predicted octanol–water partition coefficient (Wildman–Crippen LogP) is 12.2. The van der Waals surface area contributed by atoms with Gasteiger partial charge < -0.3 is 27.9 Å². The number of rotatable bonds is 39. The Balaban J connectivity index is 4.38. The average Bonchev–Trinajstić information content (AvgIpc) is 3.15. The van der Waals surface area contributed by atoms with Crippen LogP contribution in [0.2, 0.25) is 0 Å². The zero-order valence-corrected chi connectivity index (χ0v) is 37.2. The van der Waals surface area contributed by atoms with Gasteiger partial charge in [-0.2, -0.15) is 0 Å². The fraction of sp³-hybridized carbons (Fsp3) is 0.681. The number of nitrogens with zero attached hydrogens (tertiary/aromatic N) is 1. The van der Waals surface area contributed by atoms with Crippen LogP contribution < -0.4 is 4.89 Å². The SMILES string of the molecule is CC/C=C\C/C=C\C/C=C\C/C=C\C/C=C\CCCCOCC(COP(=O)([O-])OCC[N+](C)(C)C)OC(=O)CCCCCCC/C=C\C/C=C\CCCCCC. The molecule has 9 heteroatoms. The van der Waals surface area contributed by atoms with E-state index in [1.54, 1.807) is 0 Å². The first-order valence-electron chi connectivity index (χ1n) is 21.8. The van der Waals surface area contributed by atoms with Crippen molar-refractivity contribution in [2.45, 2.75) is 155 Å².